The number of nitrogens with one attached hydrogen (secondary N) is 2. The third-order valence-electron chi connectivity index (χ3n) is 3.42. The number of nitrogens with zero attached hydrogens (tertiary/aromatic N) is 3. The average Bonchev–Trinajstić information content (AvgIpc) is 2.64. The van der Waals surface area contributed by atoms with Crippen molar-refractivity contribution < 1.29 is 4.39 Å². The van der Waals surface area contributed by atoms with E-state index in [0.717, 1.165) is 6.07 Å². The highest BCUT2D eigenvalue weighted by molar-refractivity contribution is 6.30. The first-order valence-electron chi connectivity index (χ1n) is 7.42. The first-order chi connectivity index (χ1) is 12.6. The zero-order chi connectivity index (χ0) is 18.5. The van der Waals surface area contributed by atoms with E-state index >= 15 is 0 Å². The molecule has 0 unspecified atom stereocenters. The molecule has 0 radical (unpaired) electrons. The van der Waals surface area contributed by atoms with Gasteiger partial charge in [-0.25, -0.2) is 14.8 Å². The lowest BCUT2D eigenvalue weighted by Gasteiger charge is -2.06. The lowest BCUT2D eigenvalue weighted by molar-refractivity contribution is 0.626. The number of hydrogen-bond donors (Lipinski definition) is 2. The Morgan fingerprint density at radius 2 is 2.04 bits per heavy atom. The number of hydrazone groups is 1. The molecule has 0 aliphatic carbocycles. The van der Waals surface area contributed by atoms with Gasteiger partial charge in [-0.15, -0.1) is 0 Å². The molecule has 26 heavy (non-hydrogen) atoms. The fourth-order valence-corrected chi connectivity index (χ4v) is 2.36. The standard InChI is InChI=1S/C18H11ClFN5O/c19-13-7-6-12(15(20)8-13)10-22-25-18-23-16(11-4-2-1-3-5-11)14(9-21)17(26)24-18/h1-8,10H,(H2,23,24,25,26). The van der Waals surface area contributed by atoms with Gasteiger partial charge in [-0.05, 0) is 18.2 Å². The van der Waals surface area contributed by atoms with E-state index in [9.17, 15) is 14.4 Å². The monoisotopic (exact) mass is 367 g/mol. The van der Waals surface area contributed by atoms with Crippen molar-refractivity contribution in [1.29, 1.82) is 5.26 Å². The Balaban J connectivity index is 1.92. The Kier molecular flexibility index (Phi) is 5.06. The molecule has 128 valence electrons. The number of hydrogen-bond acceptors (Lipinski definition) is 5. The molecule has 0 bridgehead atoms. The summed E-state index contributed by atoms with van der Waals surface area (Å²) in [7, 11) is 0. The molecule has 2 aromatic carbocycles. The normalized spacial score (nSPS) is 10.7. The maximum absolute atomic E-state index is 13.7. The van der Waals surface area contributed by atoms with Gasteiger partial charge in [0.15, 0.2) is 0 Å². The Labute approximate surface area is 152 Å². The molecular formula is C18H11ClFN5O. The van der Waals surface area contributed by atoms with Crippen LogP contribution in [0.3, 0.4) is 0 Å². The number of aromatic nitrogens is 2. The minimum absolute atomic E-state index is 0.0264. The first kappa shape index (κ1) is 17.3. The van der Waals surface area contributed by atoms with Gasteiger partial charge in [0.2, 0.25) is 5.95 Å². The molecule has 2 N–H and O–H groups in total. The van der Waals surface area contributed by atoms with Crippen LogP contribution in [0.15, 0.2) is 58.4 Å². The van der Waals surface area contributed by atoms with Crippen LogP contribution in [-0.2, 0) is 0 Å². The molecular weight excluding hydrogens is 357 g/mol. The average molecular weight is 368 g/mol. The van der Waals surface area contributed by atoms with Crippen molar-refractivity contribution in [2.75, 3.05) is 5.43 Å². The molecule has 0 atom stereocenters. The quantitative estimate of drug-likeness (QED) is 0.544. The van der Waals surface area contributed by atoms with Crippen LogP contribution in [0.1, 0.15) is 11.1 Å². The van der Waals surface area contributed by atoms with Crippen LogP contribution in [0.4, 0.5) is 10.3 Å². The number of anilines is 1. The Hall–Kier alpha value is -3.50. The summed E-state index contributed by atoms with van der Waals surface area (Å²) in [4.78, 5) is 18.7. The van der Waals surface area contributed by atoms with Gasteiger partial charge in [0, 0.05) is 16.1 Å². The number of aromatic amines is 1. The number of nitriles is 1. The highest BCUT2D eigenvalue weighted by Crippen LogP contribution is 2.19. The smallest absolute Gasteiger partial charge is 0.270 e. The second kappa shape index (κ2) is 7.59. The lowest BCUT2D eigenvalue weighted by Crippen LogP contribution is -2.16. The van der Waals surface area contributed by atoms with Crippen LogP contribution >= 0.6 is 11.6 Å². The van der Waals surface area contributed by atoms with Crippen molar-refractivity contribution in [3.63, 3.8) is 0 Å². The largest absolute Gasteiger partial charge is 0.290 e. The molecule has 1 heterocycles. The summed E-state index contributed by atoms with van der Waals surface area (Å²) in [6, 6.07) is 14.8. The van der Waals surface area contributed by atoms with E-state index in [1.54, 1.807) is 24.3 Å². The zero-order valence-electron chi connectivity index (χ0n) is 13.2. The molecule has 0 aliphatic rings. The van der Waals surface area contributed by atoms with E-state index < -0.39 is 11.4 Å². The van der Waals surface area contributed by atoms with Crippen molar-refractivity contribution >= 4 is 23.8 Å². The van der Waals surface area contributed by atoms with Gasteiger partial charge < -0.3 is 0 Å². The first-order valence-corrected chi connectivity index (χ1v) is 7.80. The summed E-state index contributed by atoms with van der Waals surface area (Å²) >= 11 is 5.69. The Morgan fingerprint density at radius 3 is 2.73 bits per heavy atom. The predicted octanol–water partition coefficient (Wildman–Crippen LogP) is 3.55. The van der Waals surface area contributed by atoms with Crippen molar-refractivity contribution in [2.24, 2.45) is 5.10 Å². The summed E-state index contributed by atoms with van der Waals surface area (Å²) in [5, 5.41) is 13.4. The van der Waals surface area contributed by atoms with Crippen molar-refractivity contribution in [3.05, 3.63) is 80.9 Å². The summed E-state index contributed by atoms with van der Waals surface area (Å²) < 4.78 is 13.7. The SMILES string of the molecule is N#Cc1c(-c2ccccc2)nc(NN=Cc2ccc(Cl)cc2F)[nH]c1=O. The second-order valence-corrected chi connectivity index (χ2v) is 5.59. The minimum atomic E-state index is -0.600. The molecule has 0 amide bonds. The highest BCUT2D eigenvalue weighted by atomic mass is 35.5. The van der Waals surface area contributed by atoms with Gasteiger partial charge in [0.05, 0.1) is 11.9 Å². The maximum atomic E-state index is 13.7. The van der Waals surface area contributed by atoms with Crippen molar-refractivity contribution in [1.82, 2.24) is 9.97 Å². The molecule has 0 saturated carbocycles. The van der Waals surface area contributed by atoms with E-state index in [0.29, 0.717) is 5.56 Å². The van der Waals surface area contributed by atoms with E-state index in [-0.39, 0.29) is 27.8 Å². The summed E-state index contributed by atoms with van der Waals surface area (Å²) in [5.41, 5.74) is 2.88. The maximum Gasteiger partial charge on any atom is 0.270 e. The Morgan fingerprint density at radius 1 is 1.27 bits per heavy atom. The van der Waals surface area contributed by atoms with E-state index in [1.165, 1.54) is 18.3 Å². The fraction of sp³-hybridized carbons (Fsp3) is 0. The summed E-state index contributed by atoms with van der Waals surface area (Å²) in [6.07, 6.45) is 1.23. The van der Waals surface area contributed by atoms with Crippen LogP contribution in [0, 0.1) is 17.1 Å². The topological polar surface area (TPSA) is 93.9 Å². The van der Waals surface area contributed by atoms with Gasteiger partial charge in [0.1, 0.15) is 17.4 Å². The summed E-state index contributed by atoms with van der Waals surface area (Å²) in [6.45, 7) is 0. The molecule has 1 aromatic heterocycles. The van der Waals surface area contributed by atoms with E-state index in [4.69, 9.17) is 11.6 Å². The number of rotatable bonds is 4. The molecule has 0 spiro atoms. The molecule has 3 aromatic rings. The third kappa shape index (κ3) is 3.77. The molecule has 0 aliphatic heterocycles. The van der Waals surface area contributed by atoms with Crippen LogP contribution in [0.25, 0.3) is 11.3 Å². The van der Waals surface area contributed by atoms with Gasteiger partial charge in [-0.3, -0.25) is 9.78 Å². The third-order valence-corrected chi connectivity index (χ3v) is 3.65. The molecule has 0 fully saturated rings. The second-order valence-electron chi connectivity index (χ2n) is 5.15. The van der Waals surface area contributed by atoms with Crippen molar-refractivity contribution in [2.45, 2.75) is 0 Å². The van der Waals surface area contributed by atoms with Crippen molar-refractivity contribution in [3.8, 4) is 17.3 Å². The molecule has 6 nitrogen and oxygen atoms in total. The van der Waals surface area contributed by atoms with Crippen LogP contribution in [0.2, 0.25) is 5.02 Å². The molecule has 8 heteroatoms. The van der Waals surface area contributed by atoms with Gasteiger partial charge >= 0.3 is 0 Å². The van der Waals surface area contributed by atoms with Gasteiger partial charge in [-0.2, -0.15) is 10.4 Å². The number of halogens is 2. The zero-order valence-corrected chi connectivity index (χ0v) is 14.0. The number of benzene rings is 2. The Bertz CT molecular complexity index is 1070. The van der Waals surface area contributed by atoms with Crippen LogP contribution in [0.5, 0.6) is 0 Å². The van der Waals surface area contributed by atoms with Crippen LogP contribution < -0.4 is 11.0 Å². The van der Waals surface area contributed by atoms with Gasteiger partial charge in [-0.1, -0.05) is 41.9 Å². The van der Waals surface area contributed by atoms with E-state index in [1.807, 2.05) is 12.1 Å². The van der Waals surface area contributed by atoms with Crippen LogP contribution in [-0.4, -0.2) is 16.2 Å². The minimum Gasteiger partial charge on any atom is -0.290 e. The highest BCUT2D eigenvalue weighted by Gasteiger charge is 2.12. The van der Waals surface area contributed by atoms with Gasteiger partial charge in [0.25, 0.3) is 5.56 Å². The number of H-pyrrole nitrogens is 1. The lowest BCUT2D eigenvalue weighted by atomic mass is 10.1. The molecule has 0 saturated heterocycles. The van der Waals surface area contributed by atoms with E-state index in [2.05, 4.69) is 20.5 Å². The fourth-order valence-electron chi connectivity index (χ4n) is 2.20. The summed E-state index contributed by atoms with van der Waals surface area (Å²) in [5.74, 6) is -0.507. The predicted molar refractivity (Wildman–Crippen MR) is 97.6 cm³/mol. The molecule has 3 rings (SSSR count).